The number of halogens is 1. The Hall–Kier alpha value is -1.95. The lowest BCUT2D eigenvalue weighted by atomic mass is 9.93. The van der Waals surface area contributed by atoms with E-state index >= 15 is 0 Å². The van der Waals surface area contributed by atoms with Gasteiger partial charge in [-0.15, -0.1) is 0 Å². The molecule has 142 valence electrons. The molecule has 0 N–H and O–H groups in total. The third-order valence-corrected chi connectivity index (χ3v) is 5.29. The second-order valence-corrected chi connectivity index (χ2v) is 7.51. The van der Waals surface area contributed by atoms with Crippen LogP contribution in [0.4, 0.5) is 4.39 Å². The summed E-state index contributed by atoms with van der Waals surface area (Å²) >= 11 is 0. The molecule has 6 heteroatoms. The number of carbonyl (C=O) groups is 2. The Balaban J connectivity index is 1.75. The van der Waals surface area contributed by atoms with Crippen LogP contribution in [0.1, 0.15) is 38.7 Å². The lowest BCUT2D eigenvalue weighted by molar-refractivity contribution is -0.175. The van der Waals surface area contributed by atoms with Crippen molar-refractivity contribution in [1.29, 1.82) is 0 Å². The second kappa shape index (κ2) is 7.74. The molecule has 2 fully saturated rings. The van der Waals surface area contributed by atoms with Crippen LogP contribution in [0.2, 0.25) is 0 Å². The fraction of sp³-hybridized carbons (Fsp3) is 0.600. The van der Waals surface area contributed by atoms with Crippen LogP contribution in [0.5, 0.6) is 0 Å². The summed E-state index contributed by atoms with van der Waals surface area (Å²) in [5.74, 6) is -0.444. The van der Waals surface area contributed by atoms with E-state index < -0.39 is 5.60 Å². The quantitative estimate of drug-likeness (QED) is 0.830. The molecule has 1 spiro atoms. The molecular formula is C20H27FN2O3. The maximum Gasteiger partial charge on any atom is 0.256 e. The minimum absolute atomic E-state index is 0.00624. The topological polar surface area (TPSA) is 49.9 Å². The van der Waals surface area contributed by atoms with E-state index in [1.54, 1.807) is 17.0 Å². The highest BCUT2D eigenvalue weighted by atomic mass is 19.1. The van der Waals surface area contributed by atoms with Gasteiger partial charge in [0.15, 0.2) is 5.60 Å². The van der Waals surface area contributed by atoms with Crippen molar-refractivity contribution >= 4 is 11.8 Å². The van der Waals surface area contributed by atoms with Crippen LogP contribution < -0.4 is 0 Å². The van der Waals surface area contributed by atoms with Crippen LogP contribution in [0.15, 0.2) is 24.3 Å². The number of morpholine rings is 1. The number of likely N-dealkylation sites (tertiary alicyclic amines) is 1. The average molecular weight is 362 g/mol. The van der Waals surface area contributed by atoms with Gasteiger partial charge in [0.25, 0.3) is 5.91 Å². The Morgan fingerprint density at radius 3 is 2.85 bits per heavy atom. The number of hydrogen-bond donors (Lipinski definition) is 0. The van der Waals surface area contributed by atoms with Crippen molar-refractivity contribution in [3.05, 3.63) is 35.6 Å². The summed E-state index contributed by atoms with van der Waals surface area (Å²) < 4.78 is 19.3. The number of hydrogen-bond acceptors (Lipinski definition) is 3. The molecule has 1 atom stereocenters. The van der Waals surface area contributed by atoms with E-state index in [1.807, 2.05) is 18.7 Å². The zero-order valence-electron chi connectivity index (χ0n) is 15.5. The van der Waals surface area contributed by atoms with E-state index in [0.717, 1.165) is 19.4 Å². The Bertz CT molecular complexity index is 679. The van der Waals surface area contributed by atoms with Crippen molar-refractivity contribution in [2.75, 3.05) is 26.2 Å². The first-order valence-corrected chi connectivity index (χ1v) is 9.38. The van der Waals surface area contributed by atoms with Gasteiger partial charge in [-0.1, -0.05) is 12.1 Å². The third kappa shape index (κ3) is 3.90. The Labute approximate surface area is 154 Å². The molecule has 0 saturated carbocycles. The van der Waals surface area contributed by atoms with Gasteiger partial charge in [0.05, 0.1) is 19.6 Å². The molecular weight excluding hydrogens is 335 g/mol. The molecule has 0 radical (unpaired) electrons. The molecule has 0 aromatic heterocycles. The predicted molar refractivity (Wildman–Crippen MR) is 96.1 cm³/mol. The van der Waals surface area contributed by atoms with Gasteiger partial charge in [0.2, 0.25) is 5.91 Å². The summed E-state index contributed by atoms with van der Waals surface area (Å²) in [6, 6.07) is 6.20. The van der Waals surface area contributed by atoms with Crippen molar-refractivity contribution in [1.82, 2.24) is 9.80 Å². The zero-order chi connectivity index (χ0) is 18.7. The van der Waals surface area contributed by atoms with Crippen molar-refractivity contribution in [2.45, 2.75) is 51.2 Å². The minimum atomic E-state index is -0.934. The van der Waals surface area contributed by atoms with Crippen molar-refractivity contribution in [3.63, 3.8) is 0 Å². The number of benzene rings is 1. The predicted octanol–water partition coefficient (Wildman–Crippen LogP) is 2.39. The fourth-order valence-corrected chi connectivity index (χ4v) is 3.87. The second-order valence-electron chi connectivity index (χ2n) is 7.51. The van der Waals surface area contributed by atoms with Crippen molar-refractivity contribution in [2.24, 2.45) is 0 Å². The highest BCUT2D eigenvalue weighted by Crippen LogP contribution is 2.31. The number of rotatable bonds is 3. The molecule has 0 bridgehead atoms. The standard InChI is InChI=1S/C20H27FN2O3/c1-15(2)23-9-4-3-8-20(19(23)25)14-22(10-11-26-20)18(24)13-16-6-5-7-17(21)12-16/h5-7,12,15H,3-4,8-11,13-14H2,1-2H3. The summed E-state index contributed by atoms with van der Waals surface area (Å²) in [5.41, 5.74) is -0.289. The largest absolute Gasteiger partial charge is 0.361 e. The van der Waals surface area contributed by atoms with Gasteiger partial charge >= 0.3 is 0 Å². The van der Waals surface area contributed by atoms with Gasteiger partial charge in [-0.05, 0) is 50.8 Å². The molecule has 1 aromatic rings. The third-order valence-electron chi connectivity index (χ3n) is 5.29. The van der Waals surface area contributed by atoms with Crippen LogP contribution in [0, 0.1) is 5.82 Å². The first kappa shape index (κ1) is 18.8. The summed E-state index contributed by atoms with van der Waals surface area (Å²) in [6.07, 6.45) is 2.63. The lowest BCUT2D eigenvalue weighted by Crippen LogP contribution is -2.61. The van der Waals surface area contributed by atoms with E-state index in [-0.39, 0.29) is 36.6 Å². The number of nitrogens with zero attached hydrogens (tertiary/aromatic N) is 2. The molecule has 5 nitrogen and oxygen atoms in total. The molecule has 2 saturated heterocycles. The Morgan fingerprint density at radius 1 is 1.31 bits per heavy atom. The van der Waals surface area contributed by atoms with Crippen LogP contribution in [-0.2, 0) is 20.7 Å². The first-order chi connectivity index (χ1) is 12.4. The van der Waals surface area contributed by atoms with E-state index in [2.05, 4.69) is 0 Å². The van der Waals surface area contributed by atoms with E-state index in [9.17, 15) is 14.0 Å². The molecule has 2 aliphatic heterocycles. The molecule has 26 heavy (non-hydrogen) atoms. The highest BCUT2D eigenvalue weighted by molar-refractivity contribution is 5.87. The average Bonchev–Trinajstić information content (AvgIpc) is 2.75. The SMILES string of the molecule is CC(C)N1CCCCC2(CN(C(=O)Cc3cccc(F)c3)CCO2)C1=O. The molecule has 2 amide bonds. The number of carbonyl (C=O) groups excluding carboxylic acids is 2. The normalized spacial score (nSPS) is 24.2. The van der Waals surface area contributed by atoms with Crippen molar-refractivity contribution in [3.8, 4) is 0 Å². The molecule has 0 aliphatic carbocycles. The van der Waals surface area contributed by atoms with Crippen LogP contribution in [0.3, 0.4) is 0 Å². The lowest BCUT2D eigenvalue weighted by Gasteiger charge is -2.43. The smallest absolute Gasteiger partial charge is 0.256 e. The highest BCUT2D eigenvalue weighted by Gasteiger charge is 2.48. The molecule has 1 unspecified atom stereocenters. The van der Waals surface area contributed by atoms with Crippen LogP contribution >= 0.6 is 0 Å². The van der Waals surface area contributed by atoms with Crippen molar-refractivity contribution < 1.29 is 18.7 Å². The summed E-state index contributed by atoms with van der Waals surface area (Å²) in [5, 5.41) is 0. The Kier molecular flexibility index (Phi) is 5.61. The van der Waals surface area contributed by atoms with Gasteiger partial charge in [-0.25, -0.2) is 4.39 Å². The van der Waals surface area contributed by atoms with Gasteiger partial charge < -0.3 is 14.5 Å². The zero-order valence-corrected chi connectivity index (χ0v) is 15.5. The summed E-state index contributed by atoms with van der Waals surface area (Å²) in [4.78, 5) is 29.5. The van der Waals surface area contributed by atoms with E-state index in [0.29, 0.717) is 25.1 Å². The van der Waals surface area contributed by atoms with Crippen LogP contribution in [0.25, 0.3) is 0 Å². The maximum absolute atomic E-state index is 13.4. The maximum atomic E-state index is 13.4. The van der Waals surface area contributed by atoms with Crippen LogP contribution in [-0.4, -0.2) is 59.5 Å². The minimum Gasteiger partial charge on any atom is -0.361 e. The fourth-order valence-electron chi connectivity index (χ4n) is 3.87. The first-order valence-electron chi connectivity index (χ1n) is 9.38. The Morgan fingerprint density at radius 2 is 2.12 bits per heavy atom. The molecule has 1 aromatic carbocycles. The number of ether oxygens (including phenoxy) is 1. The van der Waals surface area contributed by atoms with Gasteiger partial charge in [-0.2, -0.15) is 0 Å². The summed E-state index contributed by atoms with van der Waals surface area (Å²) in [6.45, 7) is 5.85. The molecule has 3 rings (SSSR count). The molecule has 2 aliphatic rings. The van der Waals surface area contributed by atoms with Gasteiger partial charge in [0.1, 0.15) is 5.82 Å². The number of amides is 2. The summed E-state index contributed by atoms with van der Waals surface area (Å²) in [7, 11) is 0. The van der Waals surface area contributed by atoms with Gasteiger partial charge in [-0.3, -0.25) is 9.59 Å². The van der Waals surface area contributed by atoms with E-state index in [4.69, 9.17) is 4.74 Å². The molecule has 2 heterocycles. The van der Waals surface area contributed by atoms with Gasteiger partial charge in [0, 0.05) is 19.1 Å². The van der Waals surface area contributed by atoms with E-state index in [1.165, 1.54) is 12.1 Å². The monoisotopic (exact) mass is 362 g/mol.